The molecule has 1 aliphatic heterocycles. The quantitative estimate of drug-likeness (QED) is 0.493. The Morgan fingerprint density at radius 2 is 2.00 bits per heavy atom. The molecule has 5 rings (SSSR count). The topological polar surface area (TPSA) is 60.0 Å². The summed E-state index contributed by atoms with van der Waals surface area (Å²) in [6.45, 7) is 2.79. The zero-order valence-electron chi connectivity index (χ0n) is 16.5. The third kappa shape index (κ3) is 4.02. The summed E-state index contributed by atoms with van der Waals surface area (Å²) >= 11 is 0. The molecule has 1 fully saturated rings. The Labute approximate surface area is 174 Å². The minimum absolute atomic E-state index is 0.192. The van der Waals surface area contributed by atoms with Gasteiger partial charge in [0.25, 0.3) is 0 Å². The number of piperidine rings is 1. The molecule has 1 saturated heterocycles. The van der Waals surface area contributed by atoms with Crippen LogP contribution in [-0.2, 0) is 6.54 Å². The second-order valence-electron chi connectivity index (χ2n) is 7.66. The molecule has 1 unspecified atom stereocenters. The van der Waals surface area contributed by atoms with Crippen molar-refractivity contribution in [2.45, 2.75) is 25.3 Å². The first-order chi connectivity index (χ1) is 14.7. The molecule has 0 radical (unpaired) electrons. The van der Waals surface area contributed by atoms with Crippen LogP contribution in [0.5, 0.6) is 0 Å². The van der Waals surface area contributed by atoms with Gasteiger partial charge < -0.3 is 4.52 Å². The number of rotatable bonds is 5. The predicted octanol–water partition coefficient (Wildman–Crippen LogP) is 4.44. The van der Waals surface area contributed by atoms with Crippen molar-refractivity contribution in [1.29, 1.82) is 0 Å². The third-order valence-electron chi connectivity index (χ3n) is 5.49. The number of halogens is 1. The number of likely N-dealkylation sites (tertiary alicyclic amines) is 1. The lowest BCUT2D eigenvalue weighted by Crippen LogP contribution is -2.34. The summed E-state index contributed by atoms with van der Waals surface area (Å²) in [5.41, 5.74) is 2.95. The van der Waals surface area contributed by atoms with Crippen molar-refractivity contribution in [1.82, 2.24) is 24.8 Å². The van der Waals surface area contributed by atoms with Crippen molar-refractivity contribution < 1.29 is 8.91 Å². The molecule has 4 aromatic rings. The van der Waals surface area contributed by atoms with E-state index in [2.05, 4.69) is 44.4 Å². The van der Waals surface area contributed by atoms with Crippen molar-refractivity contribution in [3.05, 3.63) is 84.3 Å². The molecule has 7 heteroatoms. The van der Waals surface area contributed by atoms with Crippen molar-refractivity contribution in [3.8, 4) is 17.1 Å². The summed E-state index contributed by atoms with van der Waals surface area (Å²) in [7, 11) is 0. The highest BCUT2D eigenvalue weighted by Crippen LogP contribution is 2.28. The van der Waals surface area contributed by atoms with E-state index in [-0.39, 0.29) is 11.7 Å². The van der Waals surface area contributed by atoms with Crippen molar-refractivity contribution in [3.63, 3.8) is 0 Å². The third-order valence-corrected chi connectivity index (χ3v) is 5.49. The molecule has 0 amide bonds. The molecule has 2 aromatic carbocycles. The molecule has 0 saturated carbocycles. The van der Waals surface area contributed by atoms with Crippen molar-refractivity contribution >= 4 is 0 Å². The van der Waals surface area contributed by atoms with E-state index in [1.807, 2.05) is 16.9 Å². The molecular formula is C23H22FN5O. The Kier molecular flexibility index (Phi) is 5.11. The van der Waals surface area contributed by atoms with E-state index >= 15 is 0 Å². The van der Waals surface area contributed by atoms with Gasteiger partial charge in [-0.1, -0.05) is 29.4 Å². The van der Waals surface area contributed by atoms with Gasteiger partial charge >= 0.3 is 0 Å². The van der Waals surface area contributed by atoms with E-state index in [9.17, 15) is 4.39 Å². The predicted molar refractivity (Wildman–Crippen MR) is 111 cm³/mol. The van der Waals surface area contributed by atoms with Gasteiger partial charge in [0.2, 0.25) is 11.7 Å². The first-order valence-electron chi connectivity index (χ1n) is 10.2. The van der Waals surface area contributed by atoms with Crippen LogP contribution in [-0.4, -0.2) is 37.9 Å². The molecule has 0 bridgehead atoms. The molecule has 2 aromatic heterocycles. The fourth-order valence-electron chi connectivity index (χ4n) is 3.98. The molecule has 1 atom stereocenters. The lowest BCUT2D eigenvalue weighted by molar-refractivity contribution is 0.180. The molecule has 152 valence electrons. The fraction of sp³-hybridized carbons (Fsp3) is 0.261. The zero-order chi connectivity index (χ0) is 20.3. The number of hydrogen-bond donors (Lipinski definition) is 0. The molecule has 30 heavy (non-hydrogen) atoms. The van der Waals surface area contributed by atoms with E-state index in [0.717, 1.165) is 38.2 Å². The van der Waals surface area contributed by atoms with Gasteiger partial charge in [-0.3, -0.25) is 4.90 Å². The van der Waals surface area contributed by atoms with Gasteiger partial charge in [0.1, 0.15) is 5.82 Å². The first-order valence-corrected chi connectivity index (χ1v) is 10.2. The maximum Gasteiger partial charge on any atom is 0.231 e. The van der Waals surface area contributed by atoms with Crippen LogP contribution in [0.4, 0.5) is 4.39 Å². The standard InChI is InChI=1S/C23H22FN5O/c24-20-6-1-4-18(14-20)22-26-23(30-27-22)19-5-2-12-28(16-19)15-17-7-9-21(10-8-17)29-13-3-11-25-29/h1,3-4,6-11,13-14,19H,2,5,12,15-16H2. The molecule has 0 N–H and O–H groups in total. The smallest absolute Gasteiger partial charge is 0.231 e. The highest BCUT2D eigenvalue weighted by atomic mass is 19.1. The van der Waals surface area contributed by atoms with Crippen LogP contribution < -0.4 is 0 Å². The van der Waals surface area contributed by atoms with Gasteiger partial charge in [0.15, 0.2) is 0 Å². The average Bonchev–Trinajstić information content (AvgIpc) is 3.47. The summed E-state index contributed by atoms with van der Waals surface area (Å²) < 4.78 is 20.9. The van der Waals surface area contributed by atoms with Gasteiger partial charge in [-0.2, -0.15) is 10.1 Å². The van der Waals surface area contributed by atoms with Crippen LogP contribution in [0, 0.1) is 5.82 Å². The van der Waals surface area contributed by atoms with Crippen LogP contribution in [0.15, 0.2) is 71.5 Å². The normalized spacial score (nSPS) is 17.3. The maximum absolute atomic E-state index is 13.5. The van der Waals surface area contributed by atoms with Crippen molar-refractivity contribution in [2.75, 3.05) is 13.1 Å². The number of nitrogens with zero attached hydrogens (tertiary/aromatic N) is 5. The minimum atomic E-state index is -0.304. The van der Waals surface area contributed by atoms with Gasteiger partial charge in [-0.05, 0) is 55.3 Å². The lowest BCUT2D eigenvalue weighted by atomic mass is 9.97. The molecule has 0 aliphatic carbocycles. The zero-order valence-corrected chi connectivity index (χ0v) is 16.5. The van der Waals surface area contributed by atoms with Gasteiger partial charge in [-0.25, -0.2) is 9.07 Å². The van der Waals surface area contributed by atoms with Gasteiger partial charge in [0, 0.05) is 31.0 Å². The molecule has 3 heterocycles. The molecule has 6 nitrogen and oxygen atoms in total. The average molecular weight is 403 g/mol. The van der Waals surface area contributed by atoms with E-state index in [4.69, 9.17) is 4.52 Å². The molecular weight excluding hydrogens is 381 g/mol. The lowest BCUT2D eigenvalue weighted by Gasteiger charge is -2.31. The van der Waals surface area contributed by atoms with Crippen molar-refractivity contribution in [2.24, 2.45) is 0 Å². The summed E-state index contributed by atoms with van der Waals surface area (Å²) in [6.07, 6.45) is 5.80. The maximum atomic E-state index is 13.5. The van der Waals surface area contributed by atoms with Gasteiger partial charge in [0.05, 0.1) is 11.6 Å². The number of hydrogen-bond acceptors (Lipinski definition) is 5. The van der Waals surface area contributed by atoms with E-state index in [0.29, 0.717) is 17.3 Å². The van der Waals surface area contributed by atoms with Crippen LogP contribution in [0.2, 0.25) is 0 Å². The summed E-state index contributed by atoms with van der Waals surface area (Å²) in [6, 6.07) is 16.7. The van der Waals surface area contributed by atoms with Crippen LogP contribution >= 0.6 is 0 Å². The van der Waals surface area contributed by atoms with E-state index in [1.54, 1.807) is 18.3 Å². The van der Waals surface area contributed by atoms with Gasteiger partial charge in [-0.15, -0.1) is 0 Å². The highest BCUT2D eigenvalue weighted by molar-refractivity contribution is 5.53. The van der Waals surface area contributed by atoms with Crippen LogP contribution in [0.1, 0.15) is 30.2 Å². The Hall–Kier alpha value is -3.32. The van der Waals surface area contributed by atoms with E-state index in [1.165, 1.54) is 17.7 Å². The molecule has 0 spiro atoms. The Balaban J connectivity index is 1.25. The minimum Gasteiger partial charge on any atom is -0.339 e. The number of aromatic nitrogens is 4. The van der Waals surface area contributed by atoms with Crippen LogP contribution in [0.25, 0.3) is 17.1 Å². The highest BCUT2D eigenvalue weighted by Gasteiger charge is 2.26. The second-order valence-corrected chi connectivity index (χ2v) is 7.66. The number of benzene rings is 2. The SMILES string of the molecule is Fc1cccc(-c2noc(C3CCCN(Cc4ccc(-n5cccn5)cc4)C3)n2)c1. The summed E-state index contributed by atoms with van der Waals surface area (Å²) in [5, 5.41) is 8.33. The largest absolute Gasteiger partial charge is 0.339 e. The monoisotopic (exact) mass is 403 g/mol. The van der Waals surface area contributed by atoms with Crippen LogP contribution in [0.3, 0.4) is 0 Å². The Bertz CT molecular complexity index is 1110. The summed E-state index contributed by atoms with van der Waals surface area (Å²) in [4.78, 5) is 6.97. The second kappa shape index (κ2) is 8.20. The fourth-order valence-corrected chi connectivity index (χ4v) is 3.98. The molecule has 1 aliphatic rings. The Morgan fingerprint density at radius 3 is 2.80 bits per heavy atom. The Morgan fingerprint density at radius 1 is 1.10 bits per heavy atom. The van der Waals surface area contributed by atoms with E-state index < -0.39 is 0 Å². The summed E-state index contributed by atoms with van der Waals surface area (Å²) in [5.74, 6) is 0.960. The first kappa shape index (κ1) is 18.7.